The van der Waals surface area contributed by atoms with Gasteiger partial charge in [0.05, 0.1) is 12.2 Å². The molecule has 1 saturated carbocycles. The summed E-state index contributed by atoms with van der Waals surface area (Å²) in [5, 5.41) is 8.09. The van der Waals surface area contributed by atoms with Gasteiger partial charge in [0.1, 0.15) is 0 Å². The van der Waals surface area contributed by atoms with E-state index in [0.717, 1.165) is 6.54 Å². The summed E-state index contributed by atoms with van der Waals surface area (Å²) in [4.78, 5) is 0. The molecule has 1 aromatic heterocycles. The van der Waals surface area contributed by atoms with Gasteiger partial charge in [-0.1, -0.05) is 0 Å². The Kier molecular flexibility index (Phi) is 2.72. The Morgan fingerprint density at radius 2 is 2.19 bits per heavy atom. The lowest BCUT2D eigenvalue weighted by atomic mass is 9.90. The molecule has 0 bridgehead atoms. The molecule has 1 aromatic rings. The van der Waals surface area contributed by atoms with Crippen molar-refractivity contribution in [3.8, 4) is 0 Å². The van der Waals surface area contributed by atoms with Crippen molar-refractivity contribution in [1.29, 1.82) is 0 Å². The molecular weight excluding hydrogens is 198 g/mol. The summed E-state index contributed by atoms with van der Waals surface area (Å²) in [7, 11) is 0. The predicted molar refractivity (Wildman–Crippen MR) is 64.7 cm³/mol. The van der Waals surface area contributed by atoms with Crippen molar-refractivity contribution in [3.05, 3.63) is 17.5 Å². The van der Waals surface area contributed by atoms with Crippen LogP contribution in [0, 0.1) is 6.92 Å². The van der Waals surface area contributed by atoms with Gasteiger partial charge in [-0.25, -0.2) is 0 Å². The quantitative estimate of drug-likeness (QED) is 0.827. The van der Waals surface area contributed by atoms with Crippen LogP contribution in [0.15, 0.2) is 6.20 Å². The summed E-state index contributed by atoms with van der Waals surface area (Å²) in [6, 6.07) is 0.699. The molecule has 16 heavy (non-hydrogen) atoms. The zero-order valence-corrected chi connectivity index (χ0v) is 10.1. The number of hydrogen-bond acceptors (Lipinski definition) is 2. The standard InChI is InChI=1S/C13H21N3/c1-10-13(11-4-3-7-14-8-11)9-15-16(10)12-5-2-6-12/h9,11-12,14H,2-8H2,1H3. The first-order valence-corrected chi connectivity index (χ1v) is 6.61. The summed E-state index contributed by atoms with van der Waals surface area (Å²) < 4.78 is 2.27. The first-order valence-electron chi connectivity index (χ1n) is 6.61. The van der Waals surface area contributed by atoms with Crippen molar-refractivity contribution in [2.24, 2.45) is 0 Å². The molecule has 0 radical (unpaired) electrons. The van der Waals surface area contributed by atoms with Gasteiger partial charge in [0.25, 0.3) is 0 Å². The molecule has 2 fully saturated rings. The number of piperidine rings is 1. The van der Waals surface area contributed by atoms with Crippen LogP contribution in [-0.4, -0.2) is 22.9 Å². The number of rotatable bonds is 2. The summed E-state index contributed by atoms with van der Waals surface area (Å²) in [5.41, 5.74) is 2.90. The van der Waals surface area contributed by atoms with E-state index in [9.17, 15) is 0 Å². The molecular formula is C13H21N3. The maximum Gasteiger partial charge on any atom is 0.0528 e. The third-order valence-electron chi connectivity index (χ3n) is 4.24. The number of hydrogen-bond donors (Lipinski definition) is 1. The third-order valence-corrected chi connectivity index (χ3v) is 4.24. The van der Waals surface area contributed by atoms with Gasteiger partial charge in [0.15, 0.2) is 0 Å². The van der Waals surface area contributed by atoms with Gasteiger partial charge in [-0.3, -0.25) is 4.68 Å². The number of aromatic nitrogens is 2. The maximum atomic E-state index is 4.60. The zero-order chi connectivity index (χ0) is 11.0. The van der Waals surface area contributed by atoms with Crippen LogP contribution in [0.5, 0.6) is 0 Å². The molecule has 0 amide bonds. The number of nitrogens with zero attached hydrogens (tertiary/aromatic N) is 2. The van der Waals surface area contributed by atoms with Crippen LogP contribution in [0.25, 0.3) is 0 Å². The van der Waals surface area contributed by atoms with Crippen LogP contribution in [0.2, 0.25) is 0 Å². The SMILES string of the molecule is Cc1c(C2CCCNC2)cnn1C1CCC1. The number of nitrogens with one attached hydrogen (secondary N) is 1. The van der Waals surface area contributed by atoms with E-state index in [4.69, 9.17) is 0 Å². The molecule has 1 unspecified atom stereocenters. The molecule has 1 N–H and O–H groups in total. The highest BCUT2D eigenvalue weighted by Gasteiger charge is 2.25. The molecule has 2 heterocycles. The van der Waals surface area contributed by atoms with Gasteiger partial charge in [-0.05, 0) is 57.1 Å². The molecule has 3 heteroatoms. The van der Waals surface area contributed by atoms with E-state index in [0.29, 0.717) is 12.0 Å². The highest BCUT2D eigenvalue weighted by Crippen LogP contribution is 2.34. The molecule has 88 valence electrons. The van der Waals surface area contributed by atoms with Crippen molar-refractivity contribution in [2.45, 2.75) is 51.0 Å². The summed E-state index contributed by atoms with van der Waals surface area (Å²) >= 11 is 0. The second kappa shape index (κ2) is 4.21. The second-order valence-corrected chi connectivity index (χ2v) is 5.26. The Morgan fingerprint density at radius 1 is 1.31 bits per heavy atom. The molecule has 1 saturated heterocycles. The van der Waals surface area contributed by atoms with Gasteiger partial charge < -0.3 is 5.32 Å². The van der Waals surface area contributed by atoms with Crippen LogP contribution in [0.1, 0.15) is 55.3 Å². The molecule has 0 aromatic carbocycles. The third kappa shape index (κ3) is 1.67. The smallest absolute Gasteiger partial charge is 0.0528 e. The monoisotopic (exact) mass is 219 g/mol. The van der Waals surface area contributed by atoms with E-state index in [2.05, 4.69) is 28.2 Å². The Balaban J connectivity index is 1.81. The zero-order valence-electron chi connectivity index (χ0n) is 10.1. The molecule has 1 aliphatic heterocycles. The second-order valence-electron chi connectivity index (χ2n) is 5.26. The molecule has 3 nitrogen and oxygen atoms in total. The van der Waals surface area contributed by atoms with Crippen LogP contribution in [0.3, 0.4) is 0 Å². The normalized spacial score (nSPS) is 26.7. The minimum atomic E-state index is 0.697. The molecule has 1 aliphatic carbocycles. The average molecular weight is 219 g/mol. The van der Waals surface area contributed by atoms with Gasteiger partial charge in [-0.2, -0.15) is 5.10 Å². The highest BCUT2D eigenvalue weighted by atomic mass is 15.3. The van der Waals surface area contributed by atoms with Crippen molar-refractivity contribution in [3.63, 3.8) is 0 Å². The minimum Gasteiger partial charge on any atom is -0.316 e. The fraction of sp³-hybridized carbons (Fsp3) is 0.769. The van der Waals surface area contributed by atoms with Crippen LogP contribution < -0.4 is 5.32 Å². The van der Waals surface area contributed by atoms with Gasteiger partial charge in [0.2, 0.25) is 0 Å². The molecule has 1 atom stereocenters. The van der Waals surface area contributed by atoms with Gasteiger partial charge >= 0.3 is 0 Å². The van der Waals surface area contributed by atoms with Crippen LogP contribution >= 0.6 is 0 Å². The Bertz CT molecular complexity index is 359. The van der Waals surface area contributed by atoms with E-state index < -0.39 is 0 Å². The summed E-state index contributed by atoms with van der Waals surface area (Å²) in [5.74, 6) is 0.697. The lowest BCUT2D eigenvalue weighted by Crippen LogP contribution is -2.28. The van der Waals surface area contributed by atoms with E-state index in [1.165, 1.54) is 49.9 Å². The van der Waals surface area contributed by atoms with Gasteiger partial charge in [-0.15, -0.1) is 0 Å². The van der Waals surface area contributed by atoms with Crippen LogP contribution in [0.4, 0.5) is 0 Å². The fourth-order valence-corrected chi connectivity index (χ4v) is 2.95. The summed E-state index contributed by atoms with van der Waals surface area (Å²) in [6.45, 7) is 4.57. The highest BCUT2D eigenvalue weighted by molar-refractivity contribution is 5.23. The van der Waals surface area contributed by atoms with Crippen LogP contribution in [-0.2, 0) is 0 Å². The minimum absolute atomic E-state index is 0.697. The topological polar surface area (TPSA) is 29.9 Å². The Labute approximate surface area is 97.2 Å². The van der Waals surface area contributed by atoms with Crippen molar-refractivity contribution in [1.82, 2.24) is 15.1 Å². The predicted octanol–water partition coefficient (Wildman–Crippen LogP) is 2.38. The summed E-state index contributed by atoms with van der Waals surface area (Å²) in [6.07, 6.45) is 8.77. The van der Waals surface area contributed by atoms with E-state index in [1.54, 1.807) is 0 Å². The molecule has 0 spiro atoms. The largest absolute Gasteiger partial charge is 0.316 e. The first kappa shape index (κ1) is 10.3. The Morgan fingerprint density at radius 3 is 2.81 bits per heavy atom. The maximum absolute atomic E-state index is 4.60. The van der Waals surface area contributed by atoms with E-state index >= 15 is 0 Å². The van der Waals surface area contributed by atoms with Crippen molar-refractivity contribution < 1.29 is 0 Å². The first-order chi connectivity index (χ1) is 7.86. The molecule has 2 aliphatic rings. The van der Waals surface area contributed by atoms with E-state index in [1.807, 2.05) is 0 Å². The van der Waals surface area contributed by atoms with Gasteiger partial charge in [0, 0.05) is 12.2 Å². The Hall–Kier alpha value is -0.830. The molecule has 3 rings (SSSR count). The van der Waals surface area contributed by atoms with Crippen molar-refractivity contribution >= 4 is 0 Å². The fourth-order valence-electron chi connectivity index (χ4n) is 2.95. The average Bonchev–Trinajstić information content (AvgIpc) is 2.60. The van der Waals surface area contributed by atoms with Crippen molar-refractivity contribution in [2.75, 3.05) is 13.1 Å². The van der Waals surface area contributed by atoms with E-state index in [-0.39, 0.29) is 0 Å². The lowest BCUT2D eigenvalue weighted by Gasteiger charge is -2.28. The lowest BCUT2D eigenvalue weighted by molar-refractivity contribution is 0.284.